The Morgan fingerprint density at radius 3 is 1.76 bits per heavy atom. The van der Waals surface area contributed by atoms with E-state index in [4.69, 9.17) is 14.2 Å². The Morgan fingerprint density at radius 2 is 1.21 bits per heavy atom. The first-order valence-electron chi connectivity index (χ1n) is 13.7. The summed E-state index contributed by atoms with van der Waals surface area (Å²) in [7, 11) is 0. The van der Waals surface area contributed by atoms with Gasteiger partial charge in [-0.25, -0.2) is 4.79 Å². The van der Waals surface area contributed by atoms with Gasteiger partial charge >= 0.3 is 5.97 Å². The quantitative estimate of drug-likeness (QED) is 0.146. The third-order valence-electron chi connectivity index (χ3n) is 6.55. The van der Waals surface area contributed by atoms with Crippen LogP contribution in [0.5, 0.6) is 17.2 Å². The summed E-state index contributed by atoms with van der Waals surface area (Å²) >= 11 is 0. The molecule has 0 aliphatic rings. The first-order valence-corrected chi connectivity index (χ1v) is 13.7. The summed E-state index contributed by atoms with van der Waals surface area (Å²) in [5.74, 6) is -0.938. The number of ether oxygens (including phenoxy) is 3. The van der Waals surface area contributed by atoms with Crippen LogP contribution in [0.2, 0.25) is 0 Å². The van der Waals surface area contributed by atoms with Gasteiger partial charge in [-0.05, 0) is 55.5 Å². The number of carbonyl (C=O) groups excluding carboxylic acids is 2. The van der Waals surface area contributed by atoms with Crippen molar-refractivity contribution in [1.82, 2.24) is 0 Å². The van der Waals surface area contributed by atoms with E-state index in [2.05, 4.69) is 0 Å². The maximum Gasteiger partial charge on any atom is 0.338 e. The van der Waals surface area contributed by atoms with Crippen molar-refractivity contribution in [1.29, 1.82) is 0 Å². The smallest absolute Gasteiger partial charge is 0.338 e. The van der Waals surface area contributed by atoms with Gasteiger partial charge in [0.1, 0.15) is 41.6 Å². The molecule has 1 N–H and O–H groups in total. The van der Waals surface area contributed by atoms with E-state index < -0.39 is 17.4 Å². The topological polar surface area (TPSA) is 82.1 Å². The van der Waals surface area contributed by atoms with Crippen molar-refractivity contribution in [2.24, 2.45) is 0 Å². The molecule has 0 aromatic heterocycles. The highest BCUT2D eigenvalue weighted by molar-refractivity contribution is 6.16. The molecule has 0 unspecified atom stereocenters. The second-order valence-corrected chi connectivity index (χ2v) is 10.9. The first-order chi connectivity index (χ1) is 20.2. The minimum atomic E-state index is -0.738. The van der Waals surface area contributed by atoms with Gasteiger partial charge in [-0.1, -0.05) is 91.0 Å². The van der Waals surface area contributed by atoms with E-state index in [1.54, 1.807) is 45.0 Å². The largest absolute Gasteiger partial charge is 0.507 e. The average Bonchev–Trinajstić information content (AvgIpc) is 2.99. The van der Waals surface area contributed by atoms with E-state index in [9.17, 15) is 14.7 Å². The monoisotopic (exact) mass is 560 g/mol. The second-order valence-electron chi connectivity index (χ2n) is 10.9. The molecule has 5 aromatic carbocycles. The SMILES string of the molecule is CC(C)(C)OC(=O)c1cc(OCc2ccccc2)c(C(=O)c2ccc3ccccc3c2O)c(OCc2ccccc2)c1. The van der Waals surface area contributed by atoms with E-state index in [1.807, 2.05) is 72.8 Å². The van der Waals surface area contributed by atoms with Gasteiger partial charge in [-0.15, -0.1) is 0 Å². The number of hydrogen-bond acceptors (Lipinski definition) is 6. The summed E-state index contributed by atoms with van der Waals surface area (Å²) < 4.78 is 18.1. The molecule has 0 aliphatic heterocycles. The van der Waals surface area contributed by atoms with Crippen molar-refractivity contribution in [3.63, 3.8) is 0 Å². The van der Waals surface area contributed by atoms with Crippen molar-refractivity contribution in [3.8, 4) is 17.2 Å². The maximum absolute atomic E-state index is 14.2. The van der Waals surface area contributed by atoms with Crippen LogP contribution in [0.1, 0.15) is 58.2 Å². The van der Waals surface area contributed by atoms with Gasteiger partial charge in [0.05, 0.1) is 11.1 Å². The van der Waals surface area contributed by atoms with Crippen LogP contribution < -0.4 is 9.47 Å². The molecule has 5 aromatic rings. The third kappa shape index (κ3) is 6.61. The molecule has 0 saturated carbocycles. The Labute approximate surface area is 245 Å². The molecule has 5 rings (SSSR count). The summed E-state index contributed by atoms with van der Waals surface area (Å²) in [5, 5.41) is 12.5. The van der Waals surface area contributed by atoms with Gasteiger partial charge < -0.3 is 19.3 Å². The van der Waals surface area contributed by atoms with Gasteiger partial charge in [0.15, 0.2) is 0 Å². The lowest BCUT2D eigenvalue weighted by Gasteiger charge is -2.21. The summed E-state index contributed by atoms with van der Waals surface area (Å²) in [5.41, 5.74) is 1.37. The van der Waals surface area contributed by atoms with Crippen LogP contribution in [0.25, 0.3) is 10.8 Å². The minimum Gasteiger partial charge on any atom is -0.507 e. The van der Waals surface area contributed by atoms with Crippen molar-refractivity contribution in [2.45, 2.75) is 39.6 Å². The van der Waals surface area contributed by atoms with Crippen LogP contribution in [0.4, 0.5) is 0 Å². The lowest BCUT2D eigenvalue weighted by Crippen LogP contribution is -2.24. The summed E-state index contributed by atoms with van der Waals surface area (Å²) in [6.45, 7) is 5.63. The number of benzene rings is 5. The van der Waals surface area contributed by atoms with Crippen molar-refractivity contribution in [2.75, 3.05) is 0 Å². The van der Waals surface area contributed by atoms with Crippen LogP contribution in [-0.2, 0) is 18.0 Å². The second kappa shape index (κ2) is 12.2. The van der Waals surface area contributed by atoms with Crippen molar-refractivity contribution in [3.05, 3.63) is 137 Å². The zero-order valence-corrected chi connectivity index (χ0v) is 23.8. The number of ketones is 1. The molecule has 0 atom stereocenters. The van der Waals surface area contributed by atoms with Gasteiger partial charge in [0.2, 0.25) is 5.78 Å². The number of rotatable bonds is 9. The molecule has 0 radical (unpaired) electrons. The summed E-state index contributed by atoms with van der Waals surface area (Å²) in [6.07, 6.45) is 0. The van der Waals surface area contributed by atoms with E-state index in [0.717, 1.165) is 16.5 Å². The molecule has 0 aliphatic carbocycles. The molecule has 0 bridgehead atoms. The zero-order valence-electron chi connectivity index (χ0n) is 23.8. The molecular formula is C36H32O6. The van der Waals surface area contributed by atoms with Gasteiger partial charge in [0.25, 0.3) is 0 Å². The van der Waals surface area contributed by atoms with Crippen LogP contribution in [-0.4, -0.2) is 22.5 Å². The number of esters is 1. The first kappa shape index (κ1) is 28.4. The Kier molecular flexibility index (Phi) is 8.25. The average molecular weight is 561 g/mol. The molecule has 6 nitrogen and oxygen atoms in total. The highest BCUT2D eigenvalue weighted by Gasteiger charge is 2.28. The van der Waals surface area contributed by atoms with E-state index in [1.165, 1.54) is 12.1 Å². The minimum absolute atomic E-state index is 0.0906. The molecule has 0 fully saturated rings. The van der Waals surface area contributed by atoms with Gasteiger partial charge in [-0.3, -0.25) is 4.79 Å². The molecular weight excluding hydrogens is 528 g/mol. The van der Waals surface area contributed by atoms with Crippen LogP contribution >= 0.6 is 0 Å². The number of fused-ring (bicyclic) bond motifs is 1. The molecule has 0 spiro atoms. The zero-order chi connectivity index (χ0) is 29.7. The van der Waals surface area contributed by atoms with Crippen molar-refractivity contribution < 1.29 is 28.9 Å². The van der Waals surface area contributed by atoms with Crippen LogP contribution in [0, 0.1) is 0 Å². The fraction of sp³-hybridized carbons (Fsp3) is 0.167. The fourth-order valence-electron chi connectivity index (χ4n) is 4.54. The Morgan fingerprint density at radius 1 is 0.690 bits per heavy atom. The molecule has 0 saturated heterocycles. The van der Waals surface area contributed by atoms with Gasteiger partial charge in [-0.2, -0.15) is 0 Å². The maximum atomic E-state index is 14.2. The normalized spacial score (nSPS) is 11.2. The number of phenolic OH excluding ortho intramolecular Hbond substituents is 1. The Hall–Kier alpha value is -5.10. The molecule has 0 heterocycles. The number of aromatic hydroxyl groups is 1. The predicted octanol–water partition coefficient (Wildman–Crippen LogP) is 7.89. The number of phenols is 1. The Balaban J connectivity index is 1.65. The van der Waals surface area contributed by atoms with Crippen LogP contribution in [0.3, 0.4) is 0 Å². The molecule has 6 heteroatoms. The highest BCUT2D eigenvalue weighted by atomic mass is 16.6. The standard InChI is InChI=1S/C36H32O6/c1-36(2,3)42-35(39)27-20-30(40-22-24-12-6-4-7-13-24)32(31(21-27)41-23-25-14-8-5-9-15-25)34(38)29-19-18-26-16-10-11-17-28(26)33(29)37/h4-21,37H,22-23H2,1-3H3. The van der Waals surface area contributed by atoms with E-state index in [0.29, 0.717) is 5.39 Å². The number of carbonyl (C=O) groups is 2. The van der Waals surface area contributed by atoms with E-state index in [-0.39, 0.29) is 47.2 Å². The summed E-state index contributed by atoms with van der Waals surface area (Å²) in [6, 6.07) is 32.6. The molecule has 42 heavy (non-hydrogen) atoms. The molecule has 0 amide bonds. The van der Waals surface area contributed by atoms with Crippen molar-refractivity contribution >= 4 is 22.5 Å². The molecule has 212 valence electrons. The van der Waals surface area contributed by atoms with Crippen LogP contribution in [0.15, 0.2) is 109 Å². The lowest BCUT2D eigenvalue weighted by molar-refractivity contribution is 0.00683. The number of hydrogen-bond donors (Lipinski definition) is 1. The summed E-state index contributed by atoms with van der Waals surface area (Å²) in [4.78, 5) is 27.5. The van der Waals surface area contributed by atoms with E-state index >= 15 is 0 Å². The Bertz CT molecular complexity index is 1650. The third-order valence-corrected chi connectivity index (χ3v) is 6.55. The fourth-order valence-corrected chi connectivity index (χ4v) is 4.54. The highest BCUT2D eigenvalue weighted by Crippen LogP contribution is 2.38. The predicted molar refractivity (Wildman–Crippen MR) is 162 cm³/mol. The lowest BCUT2D eigenvalue weighted by atomic mass is 9.96. The van der Waals surface area contributed by atoms with Gasteiger partial charge in [0, 0.05) is 5.39 Å².